The summed E-state index contributed by atoms with van der Waals surface area (Å²) in [5.74, 6) is 0.698. The molecular formula is C60H53N3. The van der Waals surface area contributed by atoms with Crippen LogP contribution in [0.3, 0.4) is 0 Å². The van der Waals surface area contributed by atoms with Gasteiger partial charge in [0.1, 0.15) is 0 Å². The minimum Gasteiger partial charge on any atom is -0.307 e. The second-order valence-corrected chi connectivity index (χ2v) is 19.0. The summed E-state index contributed by atoms with van der Waals surface area (Å²) >= 11 is 0. The molecule has 2 aromatic heterocycles. The van der Waals surface area contributed by atoms with Crippen molar-refractivity contribution in [2.75, 3.05) is 0 Å². The summed E-state index contributed by atoms with van der Waals surface area (Å²) < 4.78 is 2.57. The molecule has 10 rings (SSSR count). The molecule has 0 aliphatic heterocycles. The van der Waals surface area contributed by atoms with E-state index >= 15 is 0 Å². The minimum absolute atomic E-state index is 0.0326. The third-order valence-corrected chi connectivity index (χ3v) is 12.5. The third kappa shape index (κ3) is 7.63. The number of allylic oxidation sites excluding steroid dienone is 4. The van der Waals surface area contributed by atoms with Gasteiger partial charge in [-0.05, 0) is 99.5 Å². The molecule has 0 saturated heterocycles. The molecule has 0 spiro atoms. The van der Waals surface area contributed by atoms with Gasteiger partial charge in [0.15, 0.2) is 5.82 Å². The quantitative estimate of drug-likeness (QED) is 0.160. The van der Waals surface area contributed by atoms with Crippen molar-refractivity contribution >= 4 is 27.4 Å². The van der Waals surface area contributed by atoms with Crippen LogP contribution >= 0.6 is 0 Å². The van der Waals surface area contributed by atoms with E-state index in [1.807, 2.05) is 0 Å². The van der Waals surface area contributed by atoms with E-state index in [0.717, 1.165) is 68.9 Å². The first-order valence-corrected chi connectivity index (χ1v) is 22.3. The Hall–Kier alpha value is -7.10. The van der Waals surface area contributed by atoms with Crippen molar-refractivity contribution in [3.05, 3.63) is 205 Å². The molecule has 7 aromatic carbocycles. The lowest BCUT2D eigenvalue weighted by molar-refractivity contribution is 0.590. The topological polar surface area (TPSA) is 30.7 Å². The van der Waals surface area contributed by atoms with Crippen molar-refractivity contribution in [1.82, 2.24) is 14.5 Å². The molecule has 0 amide bonds. The van der Waals surface area contributed by atoms with Gasteiger partial charge in [-0.25, -0.2) is 9.97 Å². The summed E-state index contributed by atoms with van der Waals surface area (Å²) in [6.07, 6.45) is 8.80. The van der Waals surface area contributed by atoms with Crippen LogP contribution in [0.2, 0.25) is 0 Å². The average Bonchev–Trinajstić information content (AvgIpc) is 3.65. The van der Waals surface area contributed by atoms with E-state index in [2.05, 4.69) is 234 Å². The number of rotatable bonds is 7. The Morgan fingerprint density at radius 2 is 0.968 bits per heavy atom. The first-order chi connectivity index (χ1) is 30.5. The molecule has 0 atom stereocenters. The molecule has 3 heteroatoms. The highest BCUT2D eigenvalue weighted by molar-refractivity contribution is 6.15. The molecule has 1 aliphatic rings. The number of hydrogen-bond acceptors (Lipinski definition) is 2. The molecule has 308 valence electrons. The van der Waals surface area contributed by atoms with Crippen LogP contribution in [0.1, 0.15) is 71.2 Å². The van der Waals surface area contributed by atoms with E-state index < -0.39 is 0 Å². The van der Waals surface area contributed by atoms with Gasteiger partial charge < -0.3 is 4.57 Å². The molecule has 1 aliphatic carbocycles. The molecule has 0 saturated carbocycles. The zero-order valence-electron chi connectivity index (χ0n) is 37.2. The lowest BCUT2D eigenvalue weighted by Crippen LogP contribution is -2.11. The fourth-order valence-electron chi connectivity index (χ4n) is 9.08. The van der Waals surface area contributed by atoms with Crippen LogP contribution in [0.5, 0.6) is 0 Å². The highest BCUT2D eigenvalue weighted by atomic mass is 15.0. The van der Waals surface area contributed by atoms with Gasteiger partial charge in [0.05, 0.1) is 28.1 Å². The fourth-order valence-corrected chi connectivity index (χ4v) is 9.08. The van der Waals surface area contributed by atoms with E-state index in [1.165, 1.54) is 44.1 Å². The maximum atomic E-state index is 5.40. The second kappa shape index (κ2) is 16.0. The lowest BCUT2D eigenvalue weighted by atomic mass is 9.83. The van der Waals surface area contributed by atoms with Crippen molar-refractivity contribution in [3.8, 4) is 61.7 Å². The van der Waals surface area contributed by atoms with Gasteiger partial charge in [0, 0.05) is 38.6 Å². The van der Waals surface area contributed by atoms with E-state index in [0.29, 0.717) is 5.82 Å². The Balaban J connectivity index is 1.37. The van der Waals surface area contributed by atoms with Crippen LogP contribution in [0.25, 0.3) is 89.1 Å². The Kier molecular flexibility index (Phi) is 10.1. The predicted octanol–water partition coefficient (Wildman–Crippen LogP) is 16.2. The Labute approximate surface area is 372 Å². The van der Waals surface area contributed by atoms with E-state index in [9.17, 15) is 0 Å². The van der Waals surface area contributed by atoms with Gasteiger partial charge in [0.2, 0.25) is 0 Å². The molecule has 0 fully saturated rings. The SMILES string of the molecule is CC(C)(C)c1ccc2c(c1)c1cc(C(C)(C)C)cc(-c3ccccc3)c1n2-c1c(-c2ccccc2)cc(-c2nc(C3=CCCC=C3)cc(-c3ccccc3)n2)cc1-c1ccccc1. The van der Waals surface area contributed by atoms with Gasteiger partial charge in [-0.1, -0.05) is 187 Å². The summed E-state index contributed by atoms with van der Waals surface area (Å²) in [4.78, 5) is 10.8. The normalized spacial score (nSPS) is 13.1. The number of aromatic nitrogens is 3. The smallest absolute Gasteiger partial charge is 0.160 e. The van der Waals surface area contributed by atoms with Crippen LogP contribution < -0.4 is 0 Å². The first kappa shape index (κ1) is 40.0. The van der Waals surface area contributed by atoms with E-state index in [-0.39, 0.29) is 10.8 Å². The number of fused-ring (bicyclic) bond motifs is 3. The molecule has 3 nitrogen and oxygen atoms in total. The van der Waals surface area contributed by atoms with Crippen molar-refractivity contribution in [2.24, 2.45) is 0 Å². The summed E-state index contributed by atoms with van der Waals surface area (Å²) in [7, 11) is 0. The molecule has 9 aromatic rings. The minimum atomic E-state index is -0.0730. The summed E-state index contributed by atoms with van der Waals surface area (Å²) in [5, 5.41) is 2.50. The Bertz CT molecular complexity index is 3130. The first-order valence-electron chi connectivity index (χ1n) is 22.3. The lowest BCUT2D eigenvalue weighted by Gasteiger charge is -2.24. The second-order valence-electron chi connectivity index (χ2n) is 19.0. The highest BCUT2D eigenvalue weighted by Gasteiger charge is 2.27. The average molecular weight is 816 g/mol. The predicted molar refractivity (Wildman–Crippen MR) is 267 cm³/mol. The van der Waals surface area contributed by atoms with Gasteiger partial charge in [-0.15, -0.1) is 0 Å². The van der Waals surface area contributed by atoms with Crippen LogP contribution in [0.4, 0.5) is 0 Å². The maximum Gasteiger partial charge on any atom is 0.160 e. The number of hydrogen-bond donors (Lipinski definition) is 0. The molecule has 2 heterocycles. The molecule has 0 unspecified atom stereocenters. The Morgan fingerprint density at radius 3 is 1.51 bits per heavy atom. The molecule has 0 N–H and O–H groups in total. The fraction of sp³-hybridized carbons (Fsp3) is 0.167. The van der Waals surface area contributed by atoms with Gasteiger partial charge in [-0.3, -0.25) is 0 Å². The highest BCUT2D eigenvalue weighted by Crippen LogP contribution is 2.47. The van der Waals surface area contributed by atoms with Crippen LogP contribution in [0, 0.1) is 0 Å². The van der Waals surface area contributed by atoms with Crippen molar-refractivity contribution < 1.29 is 0 Å². The number of benzene rings is 7. The zero-order valence-corrected chi connectivity index (χ0v) is 37.2. The van der Waals surface area contributed by atoms with Gasteiger partial charge in [-0.2, -0.15) is 0 Å². The van der Waals surface area contributed by atoms with Crippen LogP contribution in [-0.2, 0) is 10.8 Å². The summed E-state index contributed by atoms with van der Waals surface area (Å²) in [6, 6.07) is 62.1. The van der Waals surface area contributed by atoms with E-state index in [4.69, 9.17) is 9.97 Å². The van der Waals surface area contributed by atoms with Crippen molar-refractivity contribution in [2.45, 2.75) is 65.2 Å². The molecular weight excluding hydrogens is 763 g/mol. The summed E-state index contributed by atoms with van der Waals surface area (Å²) in [6.45, 7) is 13.9. The monoisotopic (exact) mass is 815 g/mol. The van der Waals surface area contributed by atoms with Crippen LogP contribution in [-0.4, -0.2) is 14.5 Å². The van der Waals surface area contributed by atoms with E-state index in [1.54, 1.807) is 0 Å². The molecule has 0 radical (unpaired) electrons. The largest absolute Gasteiger partial charge is 0.307 e. The van der Waals surface area contributed by atoms with Crippen LogP contribution in [0.15, 0.2) is 188 Å². The summed E-state index contributed by atoms with van der Waals surface area (Å²) in [5.41, 5.74) is 17.9. The third-order valence-electron chi connectivity index (χ3n) is 12.5. The van der Waals surface area contributed by atoms with Gasteiger partial charge in [0.25, 0.3) is 0 Å². The van der Waals surface area contributed by atoms with Gasteiger partial charge >= 0.3 is 0 Å². The maximum absolute atomic E-state index is 5.40. The van der Waals surface area contributed by atoms with Crippen molar-refractivity contribution in [1.29, 1.82) is 0 Å². The van der Waals surface area contributed by atoms with Crippen molar-refractivity contribution in [3.63, 3.8) is 0 Å². The standard InChI is InChI=1S/C60H53N3/c1-59(2,3)46-32-33-55-51(36-46)52-38-47(60(4,5)6)37-50(42-26-16-9-17-27-42)57(52)63(55)56-48(40-22-12-7-13-23-40)34-45(35-49(56)41-24-14-8-15-25-41)58-61-53(43-28-18-10-19-29-43)39-54(62-58)44-30-20-11-21-31-44/h7-10,12-20,22-39H,11,21H2,1-6H3. The number of nitrogens with zero attached hydrogens (tertiary/aromatic N) is 3. The molecule has 63 heavy (non-hydrogen) atoms. The Morgan fingerprint density at radius 1 is 0.444 bits per heavy atom. The molecule has 0 bridgehead atoms. The zero-order chi connectivity index (χ0) is 43.3.